The second-order valence-corrected chi connectivity index (χ2v) is 7.07. The normalized spacial score (nSPS) is 19.3. The van der Waals surface area contributed by atoms with Gasteiger partial charge in [-0.2, -0.15) is 0 Å². The predicted octanol–water partition coefficient (Wildman–Crippen LogP) is 2.74. The van der Waals surface area contributed by atoms with Gasteiger partial charge in [-0.05, 0) is 36.9 Å². The van der Waals surface area contributed by atoms with Crippen molar-refractivity contribution >= 4 is 29.0 Å². The minimum atomic E-state index is -1.60. The molecule has 1 aliphatic heterocycles. The van der Waals surface area contributed by atoms with Crippen LogP contribution in [-0.4, -0.2) is 28.9 Å². The van der Waals surface area contributed by atoms with Gasteiger partial charge in [-0.1, -0.05) is 19.4 Å². The number of pyridine rings is 1. The topological polar surface area (TPSA) is 71.5 Å². The summed E-state index contributed by atoms with van der Waals surface area (Å²) in [7, 11) is 0. The highest BCUT2D eigenvalue weighted by Crippen LogP contribution is 2.36. The molecule has 3 rings (SSSR count). The molecule has 6 nitrogen and oxygen atoms in total. The van der Waals surface area contributed by atoms with Crippen molar-refractivity contribution in [3.63, 3.8) is 0 Å². The summed E-state index contributed by atoms with van der Waals surface area (Å²) < 4.78 is 5.81. The van der Waals surface area contributed by atoms with Gasteiger partial charge in [-0.15, -0.1) is 11.3 Å². The molecular formula is C18H21N3O3S. The summed E-state index contributed by atoms with van der Waals surface area (Å²) in [5.74, 6) is 0.106. The van der Waals surface area contributed by atoms with Crippen molar-refractivity contribution < 1.29 is 14.3 Å². The van der Waals surface area contributed by atoms with Crippen molar-refractivity contribution in [1.82, 2.24) is 10.3 Å². The van der Waals surface area contributed by atoms with Crippen LogP contribution in [0.2, 0.25) is 0 Å². The van der Waals surface area contributed by atoms with E-state index in [9.17, 15) is 9.59 Å². The Morgan fingerprint density at radius 2 is 2.24 bits per heavy atom. The Labute approximate surface area is 150 Å². The van der Waals surface area contributed by atoms with Crippen molar-refractivity contribution in [2.24, 2.45) is 0 Å². The molecule has 2 amide bonds. The van der Waals surface area contributed by atoms with Crippen LogP contribution in [0.5, 0.6) is 5.75 Å². The number of carbonyl (C=O) groups excluding carboxylic acids is 2. The molecular weight excluding hydrogens is 338 g/mol. The summed E-state index contributed by atoms with van der Waals surface area (Å²) in [4.78, 5) is 32.6. The zero-order valence-electron chi connectivity index (χ0n) is 14.3. The standard InChI is InChI=1S/C18H21N3O3S/c1-3-4-10-21-15-14(8-5-9-19-15)24-18(2,17(21)23)16(22)20-12-13-7-6-11-25-13/h5-9,11H,3-4,10,12H2,1-2H3,(H,20,22)/t18-/m1/s1. The highest BCUT2D eigenvalue weighted by atomic mass is 32.1. The largest absolute Gasteiger partial charge is 0.464 e. The molecule has 1 N–H and O–H groups in total. The third-order valence-corrected chi connectivity index (χ3v) is 5.02. The van der Waals surface area contributed by atoms with E-state index < -0.39 is 11.5 Å². The summed E-state index contributed by atoms with van der Waals surface area (Å²) in [6.07, 6.45) is 3.39. The zero-order valence-corrected chi connectivity index (χ0v) is 15.1. The van der Waals surface area contributed by atoms with Crippen molar-refractivity contribution in [1.29, 1.82) is 0 Å². The van der Waals surface area contributed by atoms with Crippen molar-refractivity contribution in [3.05, 3.63) is 40.7 Å². The first-order valence-electron chi connectivity index (χ1n) is 8.33. The van der Waals surface area contributed by atoms with Gasteiger partial charge >= 0.3 is 0 Å². The van der Waals surface area contributed by atoms with Gasteiger partial charge < -0.3 is 10.1 Å². The fourth-order valence-corrected chi connectivity index (χ4v) is 3.34. The molecule has 0 aliphatic carbocycles. The minimum absolute atomic E-state index is 0.373. The number of hydrogen-bond acceptors (Lipinski definition) is 5. The molecule has 0 saturated heterocycles. The smallest absolute Gasteiger partial charge is 0.282 e. The van der Waals surface area contributed by atoms with Crippen LogP contribution in [0.4, 0.5) is 5.82 Å². The quantitative estimate of drug-likeness (QED) is 0.805. The van der Waals surface area contributed by atoms with Crippen molar-refractivity contribution in [2.45, 2.75) is 38.8 Å². The van der Waals surface area contributed by atoms with Crippen LogP contribution in [0.1, 0.15) is 31.6 Å². The van der Waals surface area contributed by atoms with Gasteiger partial charge in [0.15, 0.2) is 11.6 Å². The fourth-order valence-electron chi connectivity index (χ4n) is 2.70. The molecule has 0 spiro atoms. The Bertz CT molecular complexity index is 763. The summed E-state index contributed by atoms with van der Waals surface area (Å²) >= 11 is 1.55. The summed E-state index contributed by atoms with van der Waals surface area (Å²) in [5, 5.41) is 4.76. The molecule has 0 radical (unpaired) electrons. The van der Waals surface area contributed by atoms with Crippen LogP contribution in [0.25, 0.3) is 0 Å². The Kier molecular flexibility index (Phi) is 5.03. The monoisotopic (exact) mass is 359 g/mol. The molecule has 0 saturated carbocycles. The number of thiophene rings is 1. The van der Waals surface area contributed by atoms with Crippen LogP contribution in [0, 0.1) is 0 Å². The van der Waals surface area contributed by atoms with E-state index in [0.29, 0.717) is 24.7 Å². The van der Waals surface area contributed by atoms with Gasteiger partial charge in [-0.25, -0.2) is 4.98 Å². The first kappa shape index (κ1) is 17.4. The summed E-state index contributed by atoms with van der Waals surface area (Å²) in [6.45, 7) is 4.46. The lowest BCUT2D eigenvalue weighted by molar-refractivity contribution is -0.148. The molecule has 2 aromatic rings. The minimum Gasteiger partial charge on any atom is -0.464 e. The van der Waals surface area contributed by atoms with Gasteiger partial charge in [0.2, 0.25) is 0 Å². The number of anilines is 1. The van der Waals surface area contributed by atoms with E-state index in [1.54, 1.807) is 34.6 Å². The summed E-state index contributed by atoms with van der Waals surface area (Å²) in [6, 6.07) is 7.32. The van der Waals surface area contributed by atoms with E-state index in [2.05, 4.69) is 17.2 Å². The second kappa shape index (κ2) is 7.23. The van der Waals surface area contributed by atoms with Crippen LogP contribution < -0.4 is 15.0 Å². The summed E-state index contributed by atoms with van der Waals surface area (Å²) in [5.41, 5.74) is -1.60. The maximum absolute atomic E-state index is 13.0. The average molecular weight is 359 g/mol. The molecule has 25 heavy (non-hydrogen) atoms. The Morgan fingerprint density at radius 1 is 1.40 bits per heavy atom. The maximum Gasteiger partial charge on any atom is 0.282 e. The van der Waals surface area contributed by atoms with E-state index in [1.807, 2.05) is 17.5 Å². The Hall–Kier alpha value is -2.41. The number of unbranched alkanes of at least 4 members (excludes halogenated alkanes) is 1. The lowest BCUT2D eigenvalue weighted by Gasteiger charge is -2.38. The van der Waals surface area contributed by atoms with E-state index in [4.69, 9.17) is 4.74 Å². The number of amides is 2. The number of nitrogens with one attached hydrogen (secondary N) is 1. The Balaban J connectivity index is 1.84. The van der Waals surface area contributed by atoms with Gasteiger partial charge in [0, 0.05) is 17.6 Å². The molecule has 1 atom stereocenters. The number of carbonyl (C=O) groups is 2. The van der Waals surface area contributed by atoms with Crippen LogP contribution in [0.15, 0.2) is 35.8 Å². The molecule has 3 heterocycles. The SMILES string of the molecule is CCCCN1C(=O)[C@@](C)(C(=O)NCc2cccs2)Oc2cccnc21. The Morgan fingerprint density at radius 3 is 2.96 bits per heavy atom. The number of hydrogen-bond donors (Lipinski definition) is 1. The second-order valence-electron chi connectivity index (χ2n) is 6.03. The van der Waals surface area contributed by atoms with E-state index >= 15 is 0 Å². The lowest BCUT2D eigenvalue weighted by Crippen LogP contribution is -2.62. The number of aromatic nitrogens is 1. The highest BCUT2D eigenvalue weighted by molar-refractivity contribution is 7.09. The van der Waals surface area contributed by atoms with Gasteiger partial charge in [0.05, 0.1) is 6.54 Å². The van der Waals surface area contributed by atoms with E-state index in [-0.39, 0.29) is 5.91 Å². The average Bonchev–Trinajstić information content (AvgIpc) is 3.13. The number of rotatable bonds is 6. The molecule has 0 fully saturated rings. The molecule has 1 aliphatic rings. The first-order valence-corrected chi connectivity index (χ1v) is 9.21. The molecule has 2 aromatic heterocycles. The maximum atomic E-state index is 13.0. The number of ether oxygens (including phenoxy) is 1. The van der Waals surface area contributed by atoms with Crippen molar-refractivity contribution in [3.8, 4) is 5.75 Å². The number of nitrogens with zero attached hydrogens (tertiary/aromatic N) is 2. The third kappa shape index (κ3) is 3.37. The van der Waals surface area contributed by atoms with Gasteiger partial charge in [0.25, 0.3) is 17.4 Å². The van der Waals surface area contributed by atoms with Gasteiger partial charge in [0.1, 0.15) is 0 Å². The molecule has 7 heteroatoms. The fraction of sp³-hybridized carbons (Fsp3) is 0.389. The van der Waals surface area contributed by atoms with E-state index in [0.717, 1.165) is 17.7 Å². The first-order chi connectivity index (χ1) is 12.1. The molecule has 0 bridgehead atoms. The molecule has 0 unspecified atom stereocenters. The van der Waals surface area contributed by atoms with Crippen molar-refractivity contribution in [2.75, 3.05) is 11.4 Å². The highest BCUT2D eigenvalue weighted by Gasteiger charge is 2.50. The van der Waals surface area contributed by atoms with Crippen LogP contribution in [-0.2, 0) is 16.1 Å². The van der Waals surface area contributed by atoms with Gasteiger partial charge in [-0.3, -0.25) is 14.5 Å². The lowest BCUT2D eigenvalue weighted by atomic mass is 10.0. The van der Waals surface area contributed by atoms with Crippen LogP contribution in [0.3, 0.4) is 0 Å². The molecule has 0 aromatic carbocycles. The zero-order chi connectivity index (χ0) is 17.9. The predicted molar refractivity (Wildman–Crippen MR) is 96.7 cm³/mol. The number of fused-ring (bicyclic) bond motifs is 1. The third-order valence-electron chi connectivity index (χ3n) is 4.15. The van der Waals surface area contributed by atoms with Crippen LogP contribution >= 0.6 is 11.3 Å². The molecule has 132 valence electrons. The van der Waals surface area contributed by atoms with E-state index in [1.165, 1.54) is 6.92 Å².